The number of pyridine rings is 1. The zero-order valence-electron chi connectivity index (χ0n) is 11.4. The molecular formula is C14H17N5O. The van der Waals surface area contributed by atoms with E-state index in [0.717, 1.165) is 30.2 Å². The third kappa shape index (κ3) is 2.49. The number of methoxy groups -OCH3 is 1. The summed E-state index contributed by atoms with van der Waals surface area (Å²) in [6.45, 7) is 2.05. The Bertz CT molecular complexity index is 593. The highest BCUT2D eigenvalue weighted by molar-refractivity contribution is 5.64. The molecule has 1 aliphatic heterocycles. The minimum atomic E-state index is 0.292. The Balaban J connectivity index is 1.95. The van der Waals surface area contributed by atoms with E-state index in [1.54, 1.807) is 13.3 Å². The molecule has 6 nitrogen and oxygen atoms in total. The molecule has 20 heavy (non-hydrogen) atoms. The Kier molecular flexibility index (Phi) is 3.37. The van der Waals surface area contributed by atoms with Crippen LogP contribution in [0, 0.1) is 0 Å². The smallest absolute Gasteiger partial charge is 0.222 e. The first-order valence-corrected chi connectivity index (χ1v) is 6.66. The van der Waals surface area contributed by atoms with Gasteiger partial charge in [0.2, 0.25) is 11.8 Å². The van der Waals surface area contributed by atoms with Crippen LogP contribution in [0.1, 0.15) is 12.8 Å². The van der Waals surface area contributed by atoms with Crippen LogP contribution in [-0.4, -0.2) is 35.2 Å². The van der Waals surface area contributed by atoms with Gasteiger partial charge in [0.25, 0.3) is 0 Å². The van der Waals surface area contributed by atoms with Crippen molar-refractivity contribution >= 4 is 11.8 Å². The number of rotatable bonds is 3. The standard InChI is InChI=1S/C14H17N5O/c1-20-13-5-4-10(9-16-13)11-8-12(18-14(15)17-11)19-6-2-3-7-19/h4-5,8-9H,2-3,6-7H2,1H3,(H2,15,17,18). The molecule has 6 heteroatoms. The third-order valence-electron chi connectivity index (χ3n) is 3.40. The summed E-state index contributed by atoms with van der Waals surface area (Å²) in [6, 6.07) is 5.69. The maximum atomic E-state index is 5.83. The lowest BCUT2D eigenvalue weighted by molar-refractivity contribution is 0.398. The summed E-state index contributed by atoms with van der Waals surface area (Å²) in [5.41, 5.74) is 7.52. The molecular weight excluding hydrogens is 254 g/mol. The number of hydrogen-bond donors (Lipinski definition) is 1. The highest BCUT2D eigenvalue weighted by atomic mass is 16.5. The van der Waals surface area contributed by atoms with Crippen molar-refractivity contribution in [2.24, 2.45) is 0 Å². The van der Waals surface area contributed by atoms with Crippen LogP contribution in [-0.2, 0) is 0 Å². The predicted octanol–water partition coefficient (Wildman–Crippen LogP) is 1.73. The second-order valence-corrected chi connectivity index (χ2v) is 4.75. The zero-order chi connectivity index (χ0) is 13.9. The lowest BCUT2D eigenvalue weighted by Gasteiger charge is -2.17. The molecule has 1 fully saturated rings. The minimum Gasteiger partial charge on any atom is -0.481 e. The van der Waals surface area contributed by atoms with Gasteiger partial charge in [-0.25, -0.2) is 9.97 Å². The molecule has 1 aliphatic rings. The molecule has 0 spiro atoms. The molecule has 0 radical (unpaired) electrons. The number of nitrogens with two attached hydrogens (primary N) is 1. The molecule has 0 amide bonds. The average Bonchev–Trinajstić information content (AvgIpc) is 3.01. The van der Waals surface area contributed by atoms with Crippen molar-refractivity contribution in [2.75, 3.05) is 30.8 Å². The quantitative estimate of drug-likeness (QED) is 0.916. The van der Waals surface area contributed by atoms with Crippen LogP contribution < -0.4 is 15.4 Å². The van der Waals surface area contributed by atoms with E-state index in [0.29, 0.717) is 11.8 Å². The van der Waals surface area contributed by atoms with E-state index in [9.17, 15) is 0 Å². The summed E-state index contributed by atoms with van der Waals surface area (Å²) in [5.74, 6) is 1.76. The van der Waals surface area contributed by atoms with Crippen molar-refractivity contribution in [3.05, 3.63) is 24.4 Å². The SMILES string of the molecule is COc1ccc(-c2cc(N3CCCC3)nc(N)n2)cn1. The van der Waals surface area contributed by atoms with E-state index in [1.807, 2.05) is 18.2 Å². The Morgan fingerprint density at radius 3 is 2.65 bits per heavy atom. The normalized spacial score (nSPS) is 14.6. The molecule has 2 aromatic rings. The van der Waals surface area contributed by atoms with Gasteiger partial charge < -0.3 is 15.4 Å². The lowest BCUT2D eigenvalue weighted by Crippen LogP contribution is -2.19. The summed E-state index contributed by atoms with van der Waals surface area (Å²) < 4.78 is 5.06. The van der Waals surface area contributed by atoms with Gasteiger partial charge in [-0.15, -0.1) is 0 Å². The third-order valence-corrected chi connectivity index (χ3v) is 3.40. The number of nitrogens with zero attached hydrogens (tertiary/aromatic N) is 4. The number of hydrogen-bond acceptors (Lipinski definition) is 6. The van der Waals surface area contributed by atoms with Gasteiger partial charge in [-0.2, -0.15) is 4.98 Å². The fourth-order valence-electron chi connectivity index (χ4n) is 2.36. The lowest BCUT2D eigenvalue weighted by atomic mass is 10.2. The van der Waals surface area contributed by atoms with Gasteiger partial charge in [-0.3, -0.25) is 0 Å². The van der Waals surface area contributed by atoms with Gasteiger partial charge in [0, 0.05) is 37.0 Å². The number of anilines is 2. The first-order chi connectivity index (χ1) is 9.76. The van der Waals surface area contributed by atoms with Gasteiger partial charge in [0.1, 0.15) is 5.82 Å². The second-order valence-electron chi connectivity index (χ2n) is 4.75. The van der Waals surface area contributed by atoms with Crippen LogP contribution in [0.3, 0.4) is 0 Å². The number of nitrogen functional groups attached to an aromatic ring is 1. The van der Waals surface area contributed by atoms with Gasteiger partial charge in [-0.05, 0) is 18.9 Å². The van der Waals surface area contributed by atoms with Crippen molar-refractivity contribution in [1.29, 1.82) is 0 Å². The van der Waals surface area contributed by atoms with Gasteiger partial charge in [0.05, 0.1) is 12.8 Å². The predicted molar refractivity (Wildman–Crippen MR) is 77.7 cm³/mol. The monoisotopic (exact) mass is 271 g/mol. The first-order valence-electron chi connectivity index (χ1n) is 6.66. The molecule has 3 rings (SSSR count). The highest BCUT2D eigenvalue weighted by Gasteiger charge is 2.15. The van der Waals surface area contributed by atoms with Crippen molar-refractivity contribution in [3.8, 4) is 17.1 Å². The van der Waals surface area contributed by atoms with Crippen LogP contribution in [0.25, 0.3) is 11.3 Å². The minimum absolute atomic E-state index is 0.292. The highest BCUT2D eigenvalue weighted by Crippen LogP contribution is 2.25. The summed E-state index contributed by atoms with van der Waals surface area (Å²) in [6.07, 6.45) is 4.13. The Hall–Kier alpha value is -2.37. The van der Waals surface area contributed by atoms with Crippen LogP contribution >= 0.6 is 0 Å². The van der Waals surface area contributed by atoms with E-state index in [1.165, 1.54) is 12.8 Å². The van der Waals surface area contributed by atoms with E-state index >= 15 is 0 Å². The number of ether oxygens (including phenoxy) is 1. The fraction of sp³-hybridized carbons (Fsp3) is 0.357. The van der Waals surface area contributed by atoms with E-state index < -0.39 is 0 Å². The Labute approximate surface area is 117 Å². The molecule has 2 aromatic heterocycles. The molecule has 0 bridgehead atoms. The van der Waals surface area contributed by atoms with Gasteiger partial charge in [0.15, 0.2) is 0 Å². The maximum absolute atomic E-state index is 5.83. The van der Waals surface area contributed by atoms with Crippen molar-refractivity contribution in [1.82, 2.24) is 15.0 Å². The zero-order valence-corrected chi connectivity index (χ0v) is 11.4. The molecule has 0 aliphatic carbocycles. The van der Waals surface area contributed by atoms with Gasteiger partial charge >= 0.3 is 0 Å². The molecule has 0 atom stereocenters. The summed E-state index contributed by atoms with van der Waals surface area (Å²) in [4.78, 5) is 15.0. The van der Waals surface area contributed by atoms with Crippen LogP contribution in [0.4, 0.5) is 11.8 Å². The summed E-state index contributed by atoms with van der Waals surface area (Å²) in [5, 5.41) is 0. The summed E-state index contributed by atoms with van der Waals surface area (Å²) in [7, 11) is 1.59. The topological polar surface area (TPSA) is 77.2 Å². The fourth-order valence-corrected chi connectivity index (χ4v) is 2.36. The number of aromatic nitrogens is 3. The first kappa shape index (κ1) is 12.7. The summed E-state index contributed by atoms with van der Waals surface area (Å²) >= 11 is 0. The van der Waals surface area contributed by atoms with Crippen LogP contribution in [0.5, 0.6) is 5.88 Å². The molecule has 0 unspecified atom stereocenters. The second kappa shape index (κ2) is 5.32. The van der Waals surface area contributed by atoms with Crippen LogP contribution in [0.15, 0.2) is 24.4 Å². The van der Waals surface area contributed by atoms with Crippen molar-refractivity contribution in [2.45, 2.75) is 12.8 Å². The van der Waals surface area contributed by atoms with E-state index in [-0.39, 0.29) is 0 Å². The largest absolute Gasteiger partial charge is 0.481 e. The Morgan fingerprint density at radius 2 is 2.00 bits per heavy atom. The van der Waals surface area contributed by atoms with Gasteiger partial charge in [-0.1, -0.05) is 0 Å². The molecule has 1 saturated heterocycles. The van der Waals surface area contributed by atoms with Crippen molar-refractivity contribution in [3.63, 3.8) is 0 Å². The molecule has 0 saturated carbocycles. The Morgan fingerprint density at radius 1 is 1.20 bits per heavy atom. The molecule has 0 aromatic carbocycles. The molecule has 104 valence electrons. The van der Waals surface area contributed by atoms with Crippen molar-refractivity contribution < 1.29 is 4.74 Å². The molecule has 2 N–H and O–H groups in total. The van der Waals surface area contributed by atoms with E-state index in [2.05, 4.69) is 19.9 Å². The maximum Gasteiger partial charge on any atom is 0.222 e. The van der Waals surface area contributed by atoms with Crippen LogP contribution in [0.2, 0.25) is 0 Å². The molecule has 3 heterocycles. The average molecular weight is 271 g/mol. The van der Waals surface area contributed by atoms with E-state index in [4.69, 9.17) is 10.5 Å².